The van der Waals surface area contributed by atoms with Crippen molar-refractivity contribution in [3.05, 3.63) is 36.2 Å². The monoisotopic (exact) mass is 302 g/mol. The Kier molecular flexibility index (Phi) is 5.15. The van der Waals surface area contributed by atoms with Gasteiger partial charge in [0.25, 0.3) is 0 Å². The SMILES string of the molecule is C[C@H](CN1CCOCC1)NCc1ccc(-c2ncon2)cc1. The van der Waals surface area contributed by atoms with E-state index in [2.05, 4.69) is 39.4 Å². The molecule has 1 aliphatic rings. The van der Waals surface area contributed by atoms with E-state index in [0.29, 0.717) is 11.9 Å². The number of nitrogens with one attached hydrogen (secondary N) is 1. The van der Waals surface area contributed by atoms with E-state index in [-0.39, 0.29) is 0 Å². The van der Waals surface area contributed by atoms with E-state index in [1.807, 2.05) is 12.1 Å². The molecule has 22 heavy (non-hydrogen) atoms. The van der Waals surface area contributed by atoms with E-state index >= 15 is 0 Å². The molecule has 0 unspecified atom stereocenters. The average molecular weight is 302 g/mol. The van der Waals surface area contributed by atoms with Crippen molar-refractivity contribution in [2.75, 3.05) is 32.8 Å². The van der Waals surface area contributed by atoms with Gasteiger partial charge in [-0.1, -0.05) is 29.4 Å². The molecule has 2 heterocycles. The fourth-order valence-electron chi connectivity index (χ4n) is 2.60. The van der Waals surface area contributed by atoms with E-state index < -0.39 is 0 Å². The standard InChI is InChI=1S/C16H22N4O2/c1-13(11-20-6-8-21-9-7-20)17-10-14-2-4-15(5-3-14)16-18-12-22-19-16/h2-5,12-13,17H,6-11H2,1H3/t13-/m1/s1. The van der Waals surface area contributed by atoms with Gasteiger partial charge in [-0.05, 0) is 12.5 Å². The summed E-state index contributed by atoms with van der Waals surface area (Å²) in [7, 11) is 0. The highest BCUT2D eigenvalue weighted by atomic mass is 16.5. The molecule has 2 aromatic rings. The molecule has 0 amide bonds. The van der Waals surface area contributed by atoms with Crippen LogP contribution in [0.25, 0.3) is 11.4 Å². The van der Waals surface area contributed by atoms with Crippen molar-refractivity contribution >= 4 is 0 Å². The van der Waals surface area contributed by atoms with Gasteiger partial charge in [-0.3, -0.25) is 4.90 Å². The van der Waals surface area contributed by atoms with Crippen LogP contribution in [0.4, 0.5) is 0 Å². The molecular formula is C16H22N4O2. The first-order valence-electron chi connectivity index (χ1n) is 7.70. The predicted molar refractivity (Wildman–Crippen MR) is 83.3 cm³/mol. The van der Waals surface area contributed by atoms with E-state index in [1.54, 1.807) is 0 Å². The minimum atomic E-state index is 0.454. The summed E-state index contributed by atoms with van der Waals surface area (Å²) in [6.07, 6.45) is 1.35. The van der Waals surface area contributed by atoms with Crippen molar-refractivity contribution in [1.82, 2.24) is 20.4 Å². The predicted octanol–water partition coefficient (Wildman–Crippen LogP) is 1.55. The van der Waals surface area contributed by atoms with Crippen LogP contribution in [0.15, 0.2) is 35.2 Å². The fourth-order valence-corrected chi connectivity index (χ4v) is 2.60. The molecule has 0 saturated carbocycles. The lowest BCUT2D eigenvalue weighted by molar-refractivity contribution is 0.0343. The third-order valence-electron chi connectivity index (χ3n) is 3.86. The molecule has 1 aromatic carbocycles. The van der Waals surface area contributed by atoms with Crippen LogP contribution in [0.3, 0.4) is 0 Å². The van der Waals surface area contributed by atoms with E-state index in [9.17, 15) is 0 Å². The van der Waals surface area contributed by atoms with Gasteiger partial charge in [-0.15, -0.1) is 0 Å². The van der Waals surface area contributed by atoms with Crippen LogP contribution in [0.5, 0.6) is 0 Å². The summed E-state index contributed by atoms with van der Waals surface area (Å²) in [5, 5.41) is 7.41. The number of nitrogens with zero attached hydrogens (tertiary/aromatic N) is 3. The zero-order valence-corrected chi connectivity index (χ0v) is 12.9. The largest absolute Gasteiger partial charge is 0.379 e. The fraction of sp³-hybridized carbons (Fsp3) is 0.500. The van der Waals surface area contributed by atoms with Crippen molar-refractivity contribution in [2.45, 2.75) is 19.5 Å². The van der Waals surface area contributed by atoms with Crippen molar-refractivity contribution in [3.8, 4) is 11.4 Å². The summed E-state index contributed by atoms with van der Waals surface area (Å²) in [6, 6.07) is 8.69. The zero-order valence-electron chi connectivity index (χ0n) is 12.9. The average Bonchev–Trinajstić information content (AvgIpc) is 3.09. The normalized spacial score (nSPS) is 17.5. The van der Waals surface area contributed by atoms with Gasteiger partial charge < -0.3 is 14.6 Å². The summed E-state index contributed by atoms with van der Waals surface area (Å²) in [4.78, 5) is 6.49. The molecule has 1 saturated heterocycles. The molecule has 118 valence electrons. The molecule has 1 N–H and O–H groups in total. The molecule has 0 bridgehead atoms. The third-order valence-corrected chi connectivity index (χ3v) is 3.86. The summed E-state index contributed by atoms with van der Waals surface area (Å²) in [6.45, 7) is 7.91. The Bertz CT molecular complexity index is 550. The molecule has 1 aliphatic heterocycles. The van der Waals surface area contributed by atoms with Gasteiger partial charge in [-0.2, -0.15) is 4.98 Å². The molecule has 0 radical (unpaired) electrons. The van der Waals surface area contributed by atoms with Crippen LogP contribution >= 0.6 is 0 Å². The molecule has 1 fully saturated rings. The smallest absolute Gasteiger partial charge is 0.214 e. The van der Waals surface area contributed by atoms with Crippen molar-refractivity contribution < 1.29 is 9.26 Å². The number of morpholine rings is 1. The van der Waals surface area contributed by atoms with Crippen molar-refractivity contribution in [2.24, 2.45) is 0 Å². The highest BCUT2D eigenvalue weighted by molar-refractivity contribution is 5.54. The number of ether oxygens (including phenoxy) is 1. The quantitative estimate of drug-likeness (QED) is 0.873. The van der Waals surface area contributed by atoms with Crippen molar-refractivity contribution in [1.29, 1.82) is 0 Å². The van der Waals surface area contributed by atoms with Crippen LogP contribution < -0.4 is 5.32 Å². The van der Waals surface area contributed by atoms with Gasteiger partial charge in [0.1, 0.15) is 0 Å². The summed E-state index contributed by atoms with van der Waals surface area (Å²) >= 11 is 0. The Morgan fingerprint density at radius 3 is 2.68 bits per heavy atom. The van der Waals surface area contributed by atoms with Crippen LogP contribution in [0.2, 0.25) is 0 Å². The lowest BCUT2D eigenvalue weighted by atomic mass is 10.1. The highest BCUT2D eigenvalue weighted by Gasteiger charge is 2.13. The minimum absolute atomic E-state index is 0.454. The maximum atomic E-state index is 5.37. The first-order valence-corrected chi connectivity index (χ1v) is 7.70. The maximum absolute atomic E-state index is 5.37. The van der Waals surface area contributed by atoms with E-state index in [0.717, 1.165) is 45.0 Å². The Morgan fingerprint density at radius 2 is 2.00 bits per heavy atom. The van der Waals surface area contributed by atoms with Crippen LogP contribution in [-0.4, -0.2) is 53.9 Å². The van der Waals surface area contributed by atoms with Crippen LogP contribution in [0, 0.1) is 0 Å². The van der Waals surface area contributed by atoms with Crippen LogP contribution in [-0.2, 0) is 11.3 Å². The Hall–Kier alpha value is -1.76. The van der Waals surface area contributed by atoms with Gasteiger partial charge in [-0.25, -0.2) is 0 Å². The second kappa shape index (κ2) is 7.49. The van der Waals surface area contributed by atoms with Gasteiger partial charge in [0.2, 0.25) is 12.2 Å². The number of rotatable bonds is 6. The molecule has 6 heteroatoms. The molecule has 1 aromatic heterocycles. The summed E-state index contributed by atoms with van der Waals surface area (Å²) in [5.74, 6) is 0.625. The highest BCUT2D eigenvalue weighted by Crippen LogP contribution is 2.15. The van der Waals surface area contributed by atoms with Gasteiger partial charge in [0.05, 0.1) is 13.2 Å². The zero-order chi connectivity index (χ0) is 15.2. The second-order valence-corrected chi connectivity index (χ2v) is 5.65. The Morgan fingerprint density at radius 1 is 1.23 bits per heavy atom. The number of benzene rings is 1. The van der Waals surface area contributed by atoms with E-state index in [4.69, 9.17) is 9.26 Å². The minimum Gasteiger partial charge on any atom is -0.379 e. The lowest BCUT2D eigenvalue weighted by Crippen LogP contribution is -2.44. The topological polar surface area (TPSA) is 63.4 Å². The summed E-state index contributed by atoms with van der Waals surface area (Å²) in [5.41, 5.74) is 2.22. The van der Waals surface area contributed by atoms with Crippen LogP contribution in [0.1, 0.15) is 12.5 Å². The molecule has 6 nitrogen and oxygen atoms in total. The van der Waals surface area contributed by atoms with E-state index in [1.165, 1.54) is 12.0 Å². The molecule has 1 atom stereocenters. The summed E-state index contributed by atoms with van der Waals surface area (Å²) < 4.78 is 10.1. The Balaban J connectivity index is 1.46. The lowest BCUT2D eigenvalue weighted by Gasteiger charge is -2.29. The van der Waals surface area contributed by atoms with Gasteiger partial charge in [0.15, 0.2) is 0 Å². The van der Waals surface area contributed by atoms with Crippen molar-refractivity contribution in [3.63, 3.8) is 0 Å². The van der Waals surface area contributed by atoms with Gasteiger partial charge in [0, 0.05) is 37.8 Å². The first-order chi connectivity index (χ1) is 10.8. The molecule has 0 aliphatic carbocycles. The number of hydrogen-bond donors (Lipinski definition) is 1. The first kappa shape index (κ1) is 15.1. The number of aromatic nitrogens is 2. The number of hydrogen-bond acceptors (Lipinski definition) is 6. The molecular weight excluding hydrogens is 280 g/mol. The maximum Gasteiger partial charge on any atom is 0.214 e. The van der Waals surface area contributed by atoms with Gasteiger partial charge >= 0.3 is 0 Å². The third kappa shape index (κ3) is 4.13. The molecule has 0 spiro atoms. The second-order valence-electron chi connectivity index (χ2n) is 5.65. The Labute approximate surface area is 130 Å². The molecule has 3 rings (SSSR count).